The number of carbonyl (C=O) groups excluding carboxylic acids is 1. The zero-order valence-corrected chi connectivity index (χ0v) is 19.1. The Bertz CT molecular complexity index is 1640. The Morgan fingerprint density at radius 1 is 0.806 bits per heavy atom. The van der Waals surface area contributed by atoms with Crippen LogP contribution in [0.25, 0.3) is 11.0 Å². The Balaban J connectivity index is 1.49. The van der Waals surface area contributed by atoms with Gasteiger partial charge in [0, 0.05) is 6.54 Å². The van der Waals surface area contributed by atoms with Crippen LogP contribution in [0.5, 0.6) is 11.5 Å². The quantitative estimate of drug-likeness (QED) is 0.291. The van der Waals surface area contributed by atoms with Gasteiger partial charge < -0.3 is 14.1 Å². The second-order valence-electron chi connectivity index (χ2n) is 8.62. The van der Waals surface area contributed by atoms with Crippen molar-refractivity contribution in [2.75, 3.05) is 0 Å². The van der Waals surface area contributed by atoms with E-state index in [-0.39, 0.29) is 29.1 Å². The first kappa shape index (κ1) is 21.8. The number of carbonyl (C=O) groups is 1. The predicted molar refractivity (Wildman–Crippen MR) is 134 cm³/mol. The van der Waals surface area contributed by atoms with E-state index in [1.807, 2.05) is 54.6 Å². The van der Waals surface area contributed by atoms with Crippen LogP contribution in [0.1, 0.15) is 33.3 Å². The van der Waals surface area contributed by atoms with Gasteiger partial charge in [-0.3, -0.25) is 9.59 Å². The molecule has 1 aromatic heterocycles. The fraction of sp³-hybridized carbons (Fsp3) is 0.0667. The van der Waals surface area contributed by atoms with Crippen LogP contribution in [0, 0.1) is 5.82 Å². The lowest BCUT2D eigenvalue weighted by atomic mass is 9.98. The maximum atomic E-state index is 13.6. The first-order chi connectivity index (χ1) is 17.6. The molecule has 1 aliphatic rings. The monoisotopic (exact) mass is 477 g/mol. The Morgan fingerprint density at radius 3 is 2.33 bits per heavy atom. The molecule has 4 aromatic carbocycles. The van der Waals surface area contributed by atoms with E-state index in [9.17, 15) is 14.0 Å². The molecular formula is C30H20FNO4. The normalized spacial score (nSPS) is 14.8. The van der Waals surface area contributed by atoms with Gasteiger partial charge >= 0.3 is 0 Å². The third-order valence-corrected chi connectivity index (χ3v) is 6.29. The summed E-state index contributed by atoms with van der Waals surface area (Å²) < 4.78 is 25.5. The lowest BCUT2D eigenvalue weighted by Gasteiger charge is -2.25. The summed E-state index contributed by atoms with van der Waals surface area (Å²) in [7, 11) is 0. The average molecular weight is 477 g/mol. The van der Waals surface area contributed by atoms with Crippen molar-refractivity contribution in [2.24, 2.45) is 0 Å². The standard InChI is InChI=1S/C30H20FNO4/c31-21-15-13-19(14-16-21)18-32-27(20-7-6-10-23(17-20)35-22-8-2-1-3-9-22)26-28(33)24-11-4-5-12-25(24)36-29(26)30(32)34/h1-17,27H,18H2/t27-/m1/s1. The Kier molecular flexibility index (Phi) is 5.34. The molecule has 0 spiro atoms. The maximum absolute atomic E-state index is 13.6. The molecule has 0 bridgehead atoms. The number of halogens is 1. The van der Waals surface area contributed by atoms with E-state index in [1.54, 1.807) is 41.3 Å². The number of benzene rings is 4. The molecule has 1 aliphatic heterocycles. The van der Waals surface area contributed by atoms with Gasteiger partial charge in [0.15, 0.2) is 5.43 Å². The summed E-state index contributed by atoms with van der Waals surface area (Å²) in [6, 6.07) is 28.9. The molecule has 0 radical (unpaired) electrons. The van der Waals surface area contributed by atoms with Gasteiger partial charge in [-0.25, -0.2) is 4.39 Å². The number of hydrogen-bond acceptors (Lipinski definition) is 4. The molecule has 176 valence electrons. The Morgan fingerprint density at radius 2 is 1.53 bits per heavy atom. The third kappa shape index (κ3) is 3.82. The van der Waals surface area contributed by atoms with E-state index in [4.69, 9.17) is 9.15 Å². The predicted octanol–water partition coefficient (Wildman–Crippen LogP) is 6.47. The summed E-state index contributed by atoms with van der Waals surface area (Å²) in [4.78, 5) is 28.8. The number of nitrogens with zero attached hydrogens (tertiary/aromatic N) is 1. The molecule has 5 aromatic rings. The van der Waals surface area contributed by atoms with Crippen LogP contribution in [0.4, 0.5) is 4.39 Å². The van der Waals surface area contributed by atoms with Crippen molar-refractivity contribution in [3.8, 4) is 11.5 Å². The highest BCUT2D eigenvalue weighted by molar-refractivity contribution is 5.99. The largest absolute Gasteiger partial charge is 0.457 e. The van der Waals surface area contributed by atoms with E-state index >= 15 is 0 Å². The van der Waals surface area contributed by atoms with Crippen molar-refractivity contribution >= 4 is 16.9 Å². The second-order valence-corrected chi connectivity index (χ2v) is 8.62. The number of para-hydroxylation sites is 2. The molecule has 0 N–H and O–H groups in total. The van der Waals surface area contributed by atoms with Crippen molar-refractivity contribution in [1.29, 1.82) is 0 Å². The summed E-state index contributed by atoms with van der Waals surface area (Å²) in [6.07, 6.45) is 0. The molecule has 0 aliphatic carbocycles. The minimum Gasteiger partial charge on any atom is -0.457 e. The SMILES string of the molecule is O=C1c2oc3ccccc3c(=O)c2[C@@H](c2cccc(Oc3ccccc3)c2)N1Cc1ccc(F)cc1. The van der Waals surface area contributed by atoms with Crippen molar-refractivity contribution in [1.82, 2.24) is 4.90 Å². The molecule has 0 unspecified atom stereocenters. The van der Waals surface area contributed by atoms with Gasteiger partial charge in [-0.1, -0.05) is 54.6 Å². The van der Waals surface area contributed by atoms with Crippen LogP contribution >= 0.6 is 0 Å². The number of ether oxygens (including phenoxy) is 1. The molecule has 6 rings (SSSR count). The van der Waals surface area contributed by atoms with Gasteiger partial charge in [-0.05, 0) is 59.7 Å². The van der Waals surface area contributed by atoms with E-state index < -0.39 is 11.9 Å². The Hall–Kier alpha value is -4.71. The number of hydrogen-bond donors (Lipinski definition) is 0. The molecule has 0 saturated carbocycles. The van der Waals surface area contributed by atoms with Crippen LogP contribution in [-0.4, -0.2) is 10.8 Å². The second kappa shape index (κ2) is 8.82. The number of rotatable bonds is 5. The third-order valence-electron chi connectivity index (χ3n) is 6.29. The molecule has 1 amide bonds. The van der Waals surface area contributed by atoms with Crippen molar-refractivity contribution in [2.45, 2.75) is 12.6 Å². The smallest absolute Gasteiger partial charge is 0.291 e. The van der Waals surface area contributed by atoms with Gasteiger partial charge in [-0.15, -0.1) is 0 Å². The summed E-state index contributed by atoms with van der Waals surface area (Å²) in [5, 5.41) is 0.411. The first-order valence-corrected chi connectivity index (χ1v) is 11.5. The fourth-order valence-corrected chi connectivity index (χ4v) is 4.64. The molecule has 6 heteroatoms. The topological polar surface area (TPSA) is 59.8 Å². The number of amides is 1. The van der Waals surface area contributed by atoms with E-state index in [2.05, 4.69) is 0 Å². The molecule has 0 saturated heterocycles. The zero-order chi connectivity index (χ0) is 24.6. The van der Waals surface area contributed by atoms with Crippen molar-refractivity contribution < 1.29 is 18.3 Å². The minimum atomic E-state index is -0.697. The molecular weight excluding hydrogens is 457 g/mol. The molecule has 2 heterocycles. The van der Waals surface area contributed by atoms with Gasteiger partial charge in [0.25, 0.3) is 5.91 Å². The molecule has 36 heavy (non-hydrogen) atoms. The lowest BCUT2D eigenvalue weighted by molar-refractivity contribution is 0.0714. The van der Waals surface area contributed by atoms with Gasteiger partial charge in [0.1, 0.15) is 22.9 Å². The van der Waals surface area contributed by atoms with E-state index in [1.165, 1.54) is 12.1 Å². The highest BCUT2D eigenvalue weighted by atomic mass is 19.1. The van der Waals surface area contributed by atoms with Gasteiger partial charge in [0.05, 0.1) is 17.0 Å². The molecule has 0 fully saturated rings. The fourth-order valence-electron chi connectivity index (χ4n) is 4.64. The van der Waals surface area contributed by atoms with Crippen LogP contribution in [-0.2, 0) is 6.54 Å². The highest BCUT2D eigenvalue weighted by Gasteiger charge is 2.42. The van der Waals surface area contributed by atoms with Crippen LogP contribution in [0.2, 0.25) is 0 Å². The van der Waals surface area contributed by atoms with Crippen molar-refractivity contribution in [3.63, 3.8) is 0 Å². The van der Waals surface area contributed by atoms with Crippen LogP contribution in [0.3, 0.4) is 0 Å². The zero-order valence-electron chi connectivity index (χ0n) is 19.1. The minimum absolute atomic E-state index is 0.0280. The first-order valence-electron chi connectivity index (χ1n) is 11.5. The molecule has 1 atom stereocenters. The van der Waals surface area contributed by atoms with Gasteiger partial charge in [-0.2, -0.15) is 0 Å². The maximum Gasteiger partial charge on any atom is 0.291 e. The lowest BCUT2D eigenvalue weighted by Crippen LogP contribution is -2.29. The summed E-state index contributed by atoms with van der Waals surface area (Å²) >= 11 is 0. The Labute approximate surface area is 206 Å². The molecule has 5 nitrogen and oxygen atoms in total. The highest BCUT2D eigenvalue weighted by Crippen LogP contribution is 2.40. The van der Waals surface area contributed by atoms with E-state index in [0.29, 0.717) is 28.0 Å². The van der Waals surface area contributed by atoms with Crippen molar-refractivity contribution in [3.05, 3.63) is 142 Å². The van der Waals surface area contributed by atoms with Crippen LogP contribution < -0.4 is 10.2 Å². The van der Waals surface area contributed by atoms with Gasteiger partial charge in [0.2, 0.25) is 5.76 Å². The van der Waals surface area contributed by atoms with E-state index in [0.717, 1.165) is 5.56 Å². The summed E-state index contributed by atoms with van der Waals surface area (Å²) in [5.74, 6) is 0.523. The average Bonchev–Trinajstić information content (AvgIpc) is 3.18. The number of fused-ring (bicyclic) bond motifs is 2. The van der Waals surface area contributed by atoms with Crippen LogP contribution in [0.15, 0.2) is 112 Å². The summed E-state index contributed by atoms with van der Waals surface area (Å²) in [6.45, 7) is 0.174. The summed E-state index contributed by atoms with van der Waals surface area (Å²) in [5.41, 5.74) is 1.84.